The Kier molecular flexibility index (Phi) is 5.03. The molecule has 0 aromatic rings. The van der Waals surface area contributed by atoms with Crippen molar-refractivity contribution in [3.63, 3.8) is 0 Å². The number of carbonyl (C=O) groups excluding carboxylic acids is 1. The fraction of sp³-hybridized carbons (Fsp3) is 0.714. The van der Waals surface area contributed by atoms with Crippen molar-refractivity contribution in [3.8, 4) is 0 Å². The maximum absolute atomic E-state index is 10.4. The van der Waals surface area contributed by atoms with Crippen molar-refractivity contribution in [2.45, 2.75) is 25.9 Å². The van der Waals surface area contributed by atoms with Gasteiger partial charge >= 0.3 is 0 Å². The summed E-state index contributed by atoms with van der Waals surface area (Å²) in [7, 11) is 0. The van der Waals surface area contributed by atoms with Crippen LogP contribution >= 0.6 is 0 Å². The van der Waals surface area contributed by atoms with Gasteiger partial charge in [-0.3, -0.25) is 4.79 Å². The zero-order valence-electron chi connectivity index (χ0n) is 7.10. The summed E-state index contributed by atoms with van der Waals surface area (Å²) in [5.41, 5.74) is 4.90. The molecule has 0 rings (SSSR count). The zero-order chi connectivity index (χ0) is 9.56. The van der Waals surface area contributed by atoms with Crippen LogP contribution in [0.1, 0.15) is 19.8 Å². The summed E-state index contributed by atoms with van der Waals surface area (Å²) in [4.78, 5) is 10.4. The quantitative estimate of drug-likeness (QED) is 0.288. The van der Waals surface area contributed by atoms with Gasteiger partial charge in [-0.2, -0.15) is 5.10 Å². The van der Waals surface area contributed by atoms with Crippen LogP contribution in [0, 0.1) is 5.92 Å². The molecule has 0 saturated carbocycles. The maximum Gasteiger partial charge on any atom is 0.220 e. The summed E-state index contributed by atoms with van der Waals surface area (Å²) in [6.07, 6.45) is 1.32. The topological polar surface area (TPSA) is 102 Å². The highest BCUT2D eigenvalue weighted by atomic mass is 16.3. The third kappa shape index (κ3) is 4.68. The van der Waals surface area contributed by atoms with Crippen LogP contribution in [0.5, 0.6) is 0 Å². The van der Waals surface area contributed by atoms with Gasteiger partial charge in [-0.05, 0) is 12.3 Å². The van der Waals surface area contributed by atoms with Gasteiger partial charge in [-0.15, -0.1) is 0 Å². The Balaban J connectivity index is 3.75. The SMILES string of the molecule is C[C@H](C/C=N/N)[C@@H](O)CC(N)=O. The minimum absolute atomic E-state index is 0.0143. The van der Waals surface area contributed by atoms with Gasteiger partial charge in [0, 0.05) is 6.21 Å². The predicted molar refractivity (Wildman–Crippen MR) is 46.3 cm³/mol. The van der Waals surface area contributed by atoms with E-state index in [0.29, 0.717) is 6.42 Å². The van der Waals surface area contributed by atoms with Gasteiger partial charge in [-0.1, -0.05) is 6.92 Å². The Morgan fingerprint density at radius 3 is 2.75 bits per heavy atom. The Morgan fingerprint density at radius 2 is 2.33 bits per heavy atom. The van der Waals surface area contributed by atoms with Gasteiger partial charge in [0.2, 0.25) is 5.91 Å². The summed E-state index contributed by atoms with van der Waals surface area (Å²) in [5, 5.41) is 12.6. The molecular weight excluding hydrogens is 158 g/mol. The minimum atomic E-state index is -0.708. The first kappa shape index (κ1) is 10.9. The fourth-order valence-corrected chi connectivity index (χ4v) is 0.792. The average Bonchev–Trinajstić information content (AvgIpc) is 1.98. The van der Waals surface area contributed by atoms with Crippen LogP contribution in [0.4, 0.5) is 0 Å². The molecule has 0 fully saturated rings. The average molecular weight is 173 g/mol. The number of hydrogen-bond donors (Lipinski definition) is 3. The molecule has 5 N–H and O–H groups in total. The molecule has 0 aromatic carbocycles. The Bertz CT molecular complexity index is 170. The Labute approximate surface area is 71.4 Å². The lowest BCUT2D eigenvalue weighted by molar-refractivity contribution is -0.120. The molecule has 0 aliphatic heterocycles. The normalized spacial score (nSPS) is 16.2. The van der Waals surface area contributed by atoms with E-state index in [2.05, 4.69) is 5.10 Å². The number of aliphatic hydroxyl groups excluding tert-OH is 1. The van der Waals surface area contributed by atoms with Gasteiger partial charge in [0.25, 0.3) is 0 Å². The fourth-order valence-electron chi connectivity index (χ4n) is 0.792. The number of primary amides is 1. The molecule has 12 heavy (non-hydrogen) atoms. The Hall–Kier alpha value is -1.10. The maximum atomic E-state index is 10.4. The molecule has 0 radical (unpaired) electrons. The van der Waals surface area contributed by atoms with Crippen LogP contribution in [-0.4, -0.2) is 23.3 Å². The van der Waals surface area contributed by atoms with Crippen molar-refractivity contribution in [2.75, 3.05) is 0 Å². The minimum Gasteiger partial charge on any atom is -0.392 e. The van der Waals surface area contributed by atoms with E-state index in [1.54, 1.807) is 6.92 Å². The molecule has 0 spiro atoms. The smallest absolute Gasteiger partial charge is 0.220 e. The molecular formula is C7H15N3O2. The standard InChI is InChI=1S/C7H15N3O2/c1-5(2-3-10-9)6(11)4-7(8)12/h3,5-6,11H,2,4,9H2,1H3,(H2,8,12)/b10-3+/t5-,6+/m1/s1. The Morgan fingerprint density at radius 1 is 1.75 bits per heavy atom. The van der Waals surface area contributed by atoms with Gasteiger partial charge in [0.15, 0.2) is 0 Å². The van der Waals surface area contributed by atoms with E-state index in [-0.39, 0.29) is 12.3 Å². The number of hydrogen-bond acceptors (Lipinski definition) is 4. The van der Waals surface area contributed by atoms with Crippen molar-refractivity contribution < 1.29 is 9.90 Å². The number of amides is 1. The lowest BCUT2D eigenvalue weighted by Gasteiger charge is -2.14. The number of aliphatic hydroxyl groups is 1. The predicted octanol–water partition coefficient (Wildman–Crippen LogP) is -0.807. The number of rotatable bonds is 5. The summed E-state index contributed by atoms with van der Waals surface area (Å²) < 4.78 is 0. The van der Waals surface area contributed by atoms with E-state index < -0.39 is 12.0 Å². The molecule has 5 nitrogen and oxygen atoms in total. The molecule has 70 valence electrons. The molecule has 1 amide bonds. The summed E-state index contributed by atoms with van der Waals surface area (Å²) in [5.74, 6) is 4.32. The number of nitrogens with two attached hydrogens (primary N) is 2. The number of carbonyl (C=O) groups is 1. The third-order valence-electron chi connectivity index (χ3n) is 1.65. The molecule has 0 aliphatic rings. The van der Waals surface area contributed by atoms with Crippen LogP contribution in [0.15, 0.2) is 5.10 Å². The van der Waals surface area contributed by atoms with E-state index in [1.807, 2.05) is 0 Å². The molecule has 0 unspecified atom stereocenters. The lowest BCUT2D eigenvalue weighted by atomic mass is 9.99. The molecule has 0 aromatic heterocycles. The molecule has 0 bridgehead atoms. The van der Waals surface area contributed by atoms with Crippen LogP contribution in [0.3, 0.4) is 0 Å². The molecule has 0 heterocycles. The van der Waals surface area contributed by atoms with Crippen molar-refractivity contribution in [1.29, 1.82) is 0 Å². The highest BCUT2D eigenvalue weighted by Gasteiger charge is 2.15. The zero-order valence-corrected chi connectivity index (χ0v) is 7.10. The molecule has 5 heteroatoms. The second-order valence-electron chi connectivity index (χ2n) is 2.78. The lowest BCUT2D eigenvalue weighted by Crippen LogP contribution is -2.25. The first-order valence-corrected chi connectivity index (χ1v) is 3.76. The van der Waals surface area contributed by atoms with Crippen molar-refractivity contribution >= 4 is 12.1 Å². The van der Waals surface area contributed by atoms with Crippen LogP contribution < -0.4 is 11.6 Å². The highest BCUT2D eigenvalue weighted by molar-refractivity contribution is 5.74. The first-order valence-electron chi connectivity index (χ1n) is 3.76. The van der Waals surface area contributed by atoms with E-state index in [9.17, 15) is 9.90 Å². The van der Waals surface area contributed by atoms with Gasteiger partial charge in [0.05, 0.1) is 12.5 Å². The number of nitrogens with zero attached hydrogens (tertiary/aromatic N) is 1. The monoisotopic (exact) mass is 173 g/mol. The summed E-state index contributed by atoms with van der Waals surface area (Å²) in [6.45, 7) is 1.80. The van der Waals surface area contributed by atoms with E-state index in [0.717, 1.165) is 0 Å². The van der Waals surface area contributed by atoms with Gasteiger partial charge < -0.3 is 16.7 Å². The largest absolute Gasteiger partial charge is 0.392 e. The van der Waals surface area contributed by atoms with E-state index in [1.165, 1.54) is 6.21 Å². The highest BCUT2D eigenvalue weighted by Crippen LogP contribution is 2.09. The van der Waals surface area contributed by atoms with Crippen molar-refractivity contribution in [3.05, 3.63) is 0 Å². The van der Waals surface area contributed by atoms with E-state index >= 15 is 0 Å². The van der Waals surface area contributed by atoms with Crippen LogP contribution in [-0.2, 0) is 4.79 Å². The molecule has 0 saturated heterocycles. The second-order valence-corrected chi connectivity index (χ2v) is 2.78. The molecule has 2 atom stereocenters. The van der Waals surface area contributed by atoms with Crippen LogP contribution in [0.25, 0.3) is 0 Å². The molecule has 0 aliphatic carbocycles. The van der Waals surface area contributed by atoms with Gasteiger partial charge in [0.1, 0.15) is 0 Å². The number of hydrazone groups is 1. The van der Waals surface area contributed by atoms with Crippen LogP contribution in [0.2, 0.25) is 0 Å². The van der Waals surface area contributed by atoms with Gasteiger partial charge in [-0.25, -0.2) is 0 Å². The summed E-state index contributed by atoms with van der Waals surface area (Å²) >= 11 is 0. The second kappa shape index (κ2) is 5.54. The first-order chi connectivity index (χ1) is 5.57. The third-order valence-corrected chi connectivity index (χ3v) is 1.65. The van der Waals surface area contributed by atoms with E-state index in [4.69, 9.17) is 11.6 Å². The van der Waals surface area contributed by atoms with Crippen molar-refractivity contribution in [2.24, 2.45) is 22.6 Å². The summed E-state index contributed by atoms with van der Waals surface area (Å²) in [6, 6.07) is 0. The van der Waals surface area contributed by atoms with Crippen molar-refractivity contribution in [1.82, 2.24) is 0 Å².